The number of likely N-dealkylation sites (N-methyl/N-ethyl adjacent to an activating group) is 1. The molecule has 14 nitrogen and oxygen atoms in total. The number of aliphatic hydroxyl groups is 1. The smallest absolute Gasteiger partial charge is 0.410 e. The predicted octanol–water partition coefficient (Wildman–Crippen LogP) is 2.45. The molecule has 4 heterocycles. The van der Waals surface area contributed by atoms with Gasteiger partial charge in [-0.25, -0.2) is 19.0 Å². The molecule has 1 amide bonds. The number of fused-ring (bicyclic) bond motifs is 1. The van der Waals surface area contributed by atoms with Gasteiger partial charge in [0.15, 0.2) is 18.2 Å². The van der Waals surface area contributed by atoms with E-state index in [0.29, 0.717) is 25.9 Å². The minimum absolute atomic E-state index is 0.0181. The minimum Gasteiger partial charge on any atom is -0.459 e. The van der Waals surface area contributed by atoms with E-state index in [4.69, 9.17) is 23.7 Å². The summed E-state index contributed by atoms with van der Waals surface area (Å²) in [6.45, 7) is 11.8. The lowest BCUT2D eigenvalue weighted by atomic mass is 9.75. The Bertz CT molecular complexity index is 1310. The van der Waals surface area contributed by atoms with Crippen LogP contribution in [0.4, 0.5) is 9.18 Å². The van der Waals surface area contributed by atoms with Gasteiger partial charge in [-0.2, -0.15) is 0 Å². The maximum Gasteiger partial charge on any atom is 0.410 e. The number of aryl methyl sites for hydroxylation is 1. The fraction of sp³-hybridized carbons (Fsp3) is 0.794. The topological polar surface area (TPSA) is 168 Å². The summed E-state index contributed by atoms with van der Waals surface area (Å²) >= 11 is 0. The monoisotopic (exact) mass is 696 g/mol. The molecule has 276 valence electrons. The van der Waals surface area contributed by atoms with Crippen LogP contribution in [0, 0.1) is 17.8 Å². The molecule has 49 heavy (non-hydrogen) atoms. The number of methoxy groups -OCH3 is 1. The number of carbonyl (C=O) groups excluding carboxylic acids is 4. The van der Waals surface area contributed by atoms with Crippen LogP contribution in [-0.4, -0.2) is 124 Å². The number of aromatic nitrogens is 2. The number of amides is 1. The van der Waals surface area contributed by atoms with Crippen LogP contribution in [0.2, 0.25) is 0 Å². The number of aliphatic hydroxyl groups excluding tert-OH is 1. The maximum absolute atomic E-state index is 16.3. The highest BCUT2D eigenvalue weighted by Crippen LogP contribution is 2.39. The number of halogens is 1. The number of rotatable bonds is 9. The van der Waals surface area contributed by atoms with Crippen molar-refractivity contribution in [2.24, 2.45) is 17.8 Å². The van der Waals surface area contributed by atoms with Gasteiger partial charge in [0.1, 0.15) is 18.5 Å². The van der Waals surface area contributed by atoms with E-state index in [-0.39, 0.29) is 30.9 Å². The first kappa shape index (κ1) is 38.8. The number of hydrogen-bond donors (Lipinski definition) is 2. The lowest BCUT2D eigenvalue weighted by Crippen LogP contribution is -2.60. The molecule has 3 aliphatic heterocycles. The molecule has 0 saturated carbocycles. The minimum atomic E-state index is -3.12. The molecule has 15 heteroatoms. The summed E-state index contributed by atoms with van der Waals surface area (Å²) in [6, 6.07) is -1.22. The quantitative estimate of drug-likeness (QED) is 0.286. The molecule has 0 aliphatic carbocycles. The van der Waals surface area contributed by atoms with Crippen molar-refractivity contribution in [1.29, 1.82) is 0 Å². The number of Topliss-reactive ketones (excluding diaryl/α,β-unsaturated/α-hetero) is 2. The third-order valence-corrected chi connectivity index (χ3v) is 10.3. The summed E-state index contributed by atoms with van der Waals surface area (Å²) in [6.07, 6.45) is 0.373. The number of nitrogens with zero attached hydrogens (tertiary/aromatic N) is 3. The third-order valence-electron chi connectivity index (χ3n) is 10.3. The van der Waals surface area contributed by atoms with E-state index < -0.39 is 84.1 Å². The van der Waals surface area contributed by atoms with Gasteiger partial charge in [0.05, 0.1) is 30.2 Å². The van der Waals surface area contributed by atoms with Crippen molar-refractivity contribution in [2.45, 2.75) is 128 Å². The van der Waals surface area contributed by atoms with E-state index in [1.807, 2.05) is 18.4 Å². The van der Waals surface area contributed by atoms with E-state index in [2.05, 4.69) is 10.3 Å². The van der Waals surface area contributed by atoms with Crippen molar-refractivity contribution in [2.75, 3.05) is 26.8 Å². The number of esters is 1. The van der Waals surface area contributed by atoms with Crippen LogP contribution in [0.3, 0.4) is 0 Å². The number of hydrogen-bond acceptors (Lipinski definition) is 12. The standard InChI is InChI=1S/C34H53FN4O10/c1-9-37-23-15-20(3)47-30(27(23)41)49-29-22(5)28(42)34(7,35)31(43)46-17-24-25(21(4)26(40)19(2)16-33(29,6)45-8)39(32(44)48-24)13-10-12-38-14-11-36-18-38/h11,14,18-25,27,29-30,37,41H,9-10,12-13,15-17H2,1-8H3/t19-,20-,21-,22+,23+,24-,25+,27-,29-,30+,33-,34+/m1/s1. The molecule has 2 N–H and O–H groups in total. The second-order valence-electron chi connectivity index (χ2n) is 14.1. The Morgan fingerprint density at radius 3 is 2.47 bits per heavy atom. The average molecular weight is 697 g/mol. The van der Waals surface area contributed by atoms with Gasteiger partial charge in [0, 0.05) is 56.4 Å². The molecule has 0 bridgehead atoms. The highest BCUT2D eigenvalue weighted by molar-refractivity contribution is 6.07. The average Bonchev–Trinajstić information content (AvgIpc) is 3.69. The molecule has 0 radical (unpaired) electrons. The van der Waals surface area contributed by atoms with Gasteiger partial charge >= 0.3 is 12.1 Å². The molecule has 4 rings (SSSR count). The third kappa shape index (κ3) is 8.33. The first-order valence-corrected chi connectivity index (χ1v) is 17.2. The highest BCUT2D eigenvalue weighted by Gasteiger charge is 2.55. The fourth-order valence-electron chi connectivity index (χ4n) is 7.56. The van der Waals surface area contributed by atoms with Crippen LogP contribution >= 0.6 is 0 Å². The van der Waals surface area contributed by atoms with Crippen molar-refractivity contribution in [3.63, 3.8) is 0 Å². The zero-order valence-corrected chi connectivity index (χ0v) is 29.8. The molecular weight excluding hydrogens is 643 g/mol. The van der Waals surface area contributed by atoms with Gasteiger partial charge in [-0.1, -0.05) is 27.7 Å². The largest absolute Gasteiger partial charge is 0.459 e. The molecular formula is C34H53FN4O10. The Balaban J connectivity index is 1.68. The molecule has 3 aliphatic rings. The van der Waals surface area contributed by atoms with Crippen molar-refractivity contribution in [3.8, 4) is 0 Å². The van der Waals surface area contributed by atoms with Crippen LogP contribution in [0.15, 0.2) is 18.7 Å². The number of carbonyl (C=O) groups is 4. The molecule has 0 unspecified atom stereocenters. The van der Waals surface area contributed by atoms with Crippen LogP contribution in [-0.2, 0) is 44.6 Å². The summed E-state index contributed by atoms with van der Waals surface area (Å²) in [7, 11) is 1.39. The van der Waals surface area contributed by atoms with Gasteiger partial charge in [0.25, 0.3) is 5.67 Å². The molecule has 1 aromatic rings. The Morgan fingerprint density at radius 2 is 1.84 bits per heavy atom. The molecule has 0 aromatic carbocycles. The normalized spacial score (nSPS) is 39.7. The van der Waals surface area contributed by atoms with Crippen molar-refractivity contribution in [3.05, 3.63) is 18.7 Å². The van der Waals surface area contributed by atoms with Crippen LogP contribution in [0.5, 0.6) is 0 Å². The Labute approximate surface area is 287 Å². The van der Waals surface area contributed by atoms with Gasteiger partial charge in [-0.05, 0) is 46.6 Å². The van der Waals surface area contributed by atoms with E-state index in [9.17, 15) is 24.3 Å². The maximum atomic E-state index is 16.3. The Kier molecular flexibility index (Phi) is 12.6. The van der Waals surface area contributed by atoms with Crippen LogP contribution in [0.1, 0.15) is 67.7 Å². The number of cyclic esters (lactones) is 1. The number of alkyl halides is 1. The number of ketones is 2. The zero-order valence-electron chi connectivity index (χ0n) is 29.8. The van der Waals surface area contributed by atoms with Crippen molar-refractivity contribution >= 4 is 23.6 Å². The van der Waals surface area contributed by atoms with E-state index in [0.717, 1.165) is 6.92 Å². The highest BCUT2D eigenvalue weighted by atomic mass is 19.1. The van der Waals surface area contributed by atoms with Gasteiger partial charge < -0.3 is 43.6 Å². The zero-order chi connectivity index (χ0) is 36.3. The second-order valence-corrected chi connectivity index (χ2v) is 14.1. The number of imidazole rings is 1. The summed E-state index contributed by atoms with van der Waals surface area (Å²) in [5, 5.41) is 14.4. The Hall–Kier alpha value is -2.98. The second kappa shape index (κ2) is 15.9. The van der Waals surface area contributed by atoms with Crippen LogP contribution < -0.4 is 5.32 Å². The van der Waals surface area contributed by atoms with Gasteiger partial charge in [-0.3, -0.25) is 9.59 Å². The van der Waals surface area contributed by atoms with Crippen molar-refractivity contribution in [1.82, 2.24) is 19.8 Å². The predicted molar refractivity (Wildman–Crippen MR) is 173 cm³/mol. The molecule has 12 atom stereocenters. The molecule has 3 saturated heterocycles. The summed E-state index contributed by atoms with van der Waals surface area (Å²) in [5.41, 5.74) is -4.54. The summed E-state index contributed by atoms with van der Waals surface area (Å²) in [4.78, 5) is 59.9. The molecule has 0 spiro atoms. The Morgan fingerprint density at radius 1 is 1.12 bits per heavy atom. The van der Waals surface area contributed by atoms with Crippen LogP contribution in [0.25, 0.3) is 0 Å². The first-order chi connectivity index (χ1) is 23.0. The number of nitrogens with one attached hydrogen (secondary N) is 1. The fourth-order valence-corrected chi connectivity index (χ4v) is 7.56. The van der Waals surface area contributed by atoms with E-state index in [1.165, 1.54) is 18.9 Å². The number of ether oxygens (including phenoxy) is 5. The SMILES string of the molecule is CCN[C@H]1C[C@@H](C)O[C@@H](O[C@@H]2[C@@H](C)C(=O)[C@](C)(F)C(=O)OC[C@H]3OC(=O)N(CCCn4ccnc4)[C@H]3[C@@H](C)C(=O)[C@H](C)C[C@@]2(C)OC)[C@@H]1O. The van der Waals surface area contributed by atoms with Gasteiger partial charge in [-0.15, -0.1) is 0 Å². The van der Waals surface area contributed by atoms with E-state index in [1.54, 1.807) is 39.5 Å². The summed E-state index contributed by atoms with van der Waals surface area (Å²) in [5.74, 6) is -5.65. The molecule has 3 fully saturated rings. The lowest BCUT2D eigenvalue weighted by Gasteiger charge is -2.46. The first-order valence-electron chi connectivity index (χ1n) is 17.2. The molecule has 1 aromatic heterocycles. The summed E-state index contributed by atoms with van der Waals surface area (Å²) < 4.78 is 47.5. The van der Waals surface area contributed by atoms with E-state index >= 15 is 4.39 Å². The van der Waals surface area contributed by atoms with Crippen molar-refractivity contribution < 1.29 is 52.4 Å². The lowest BCUT2D eigenvalue weighted by molar-refractivity contribution is -0.290. The van der Waals surface area contributed by atoms with Gasteiger partial charge in [0.2, 0.25) is 0 Å².